The molecule has 0 aromatic heterocycles. The van der Waals surface area contributed by atoms with E-state index in [1.54, 1.807) is 0 Å². The zero-order valence-electron chi connectivity index (χ0n) is 18.8. The third-order valence-corrected chi connectivity index (χ3v) is 5.78. The summed E-state index contributed by atoms with van der Waals surface area (Å²) in [5.74, 6) is 0.858. The second-order valence-electron chi connectivity index (χ2n) is 9.73. The maximum atomic E-state index is 12.1. The first-order valence-corrected chi connectivity index (χ1v) is 11.4. The Bertz CT molecular complexity index is 682. The molecule has 0 bridgehead atoms. The van der Waals surface area contributed by atoms with Crippen molar-refractivity contribution in [3.8, 4) is 6.07 Å². The van der Waals surface area contributed by atoms with Gasteiger partial charge >= 0.3 is 6.09 Å². The molecule has 5 nitrogen and oxygen atoms in total. The van der Waals surface area contributed by atoms with Crippen molar-refractivity contribution in [3.05, 3.63) is 35.4 Å². The second kappa shape index (κ2) is 12.0. The standard InChI is InChI=1S/C25H38N2O3/c1-25(2,3)30-24(29)27-18-22(15-20-9-11-21(17-26)12-10-20)16-23(28)14-13-19-7-5-4-6-8-19/h9-12,19,22-23,28H,4-8,13-16,18H2,1-3H3,(H,27,29)/t22-,23+/m1/s1. The topological polar surface area (TPSA) is 82.3 Å². The Hall–Kier alpha value is -2.06. The molecule has 0 aliphatic heterocycles. The fourth-order valence-corrected chi connectivity index (χ4v) is 4.24. The highest BCUT2D eigenvalue weighted by molar-refractivity contribution is 5.67. The van der Waals surface area contributed by atoms with Crippen LogP contribution in [0.1, 0.15) is 83.3 Å². The Labute approximate surface area is 181 Å². The predicted molar refractivity (Wildman–Crippen MR) is 119 cm³/mol. The third kappa shape index (κ3) is 9.63. The third-order valence-electron chi connectivity index (χ3n) is 5.78. The lowest BCUT2D eigenvalue weighted by atomic mass is 9.84. The number of nitrogens with zero attached hydrogens (tertiary/aromatic N) is 1. The van der Waals surface area contributed by atoms with Crippen molar-refractivity contribution in [2.75, 3.05) is 6.54 Å². The van der Waals surface area contributed by atoms with Gasteiger partial charge in [-0.05, 0) is 76.0 Å². The first kappa shape index (κ1) is 24.2. The van der Waals surface area contributed by atoms with Crippen LogP contribution in [0.3, 0.4) is 0 Å². The van der Waals surface area contributed by atoms with Gasteiger partial charge in [0.2, 0.25) is 0 Å². The quantitative estimate of drug-likeness (QED) is 0.570. The highest BCUT2D eigenvalue weighted by Crippen LogP contribution is 2.28. The summed E-state index contributed by atoms with van der Waals surface area (Å²) in [5.41, 5.74) is 1.20. The van der Waals surface area contributed by atoms with Crippen molar-refractivity contribution in [2.24, 2.45) is 11.8 Å². The van der Waals surface area contributed by atoms with Crippen LogP contribution in [-0.2, 0) is 11.2 Å². The van der Waals surface area contributed by atoms with Crippen molar-refractivity contribution < 1.29 is 14.6 Å². The van der Waals surface area contributed by atoms with E-state index in [9.17, 15) is 9.90 Å². The molecular weight excluding hydrogens is 376 g/mol. The molecule has 0 radical (unpaired) electrons. The van der Waals surface area contributed by atoms with Crippen LogP contribution in [0.2, 0.25) is 0 Å². The van der Waals surface area contributed by atoms with E-state index in [1.807, 2.05) is 45.0 Å². The molecule has 0 heterocycles. The Morgan fingerprint density at radius 1 is 1.23 bits per heavy atom. The summed E-state index contributed by atoms with van der Waals surface area (Å²) in [5, 5.41) is 22.5. The number of carbonyl (C=O) groups excluding carboxylic acids is 1. The number of ether oxygens (including phenoxy) is 1. The molecule has 5 heteroatoms. The molecule has 2 rings (SSSR count). The summed E-state index contributed by atoms with van der Waals surface area (Å²) < 4.78 is 5.35. The van der Waals surface area contributed by atoms with Gasteiger partial charge in [-0.2, -0.15) is 5.26 Å². The van der Waals surface area contributed by atoms with E-state index in [1.165, 1.54) is 32.1 Å². The maximum Gasteiger partial charge on any atom is 0.407 e. The molecule has 1 aromatic rings. The Morgan fingerprint density at radius 3 is 2.50 bits per heavy atom. The minimum atomic E-state index is -0.536. The summed E-state index contributed by atoms with van der Waals surface area (Å²) in [4.78, 5) is 12.1. The smallest absolute Gasteiger partial charge is 0.407 e. The minimum Gasteiger partial charge on any atom is -0.444 e. The van der Waals surface area contributed by atoms with Crippen molar-refractivity contribution in [3.63, 3.8) is 0 Å². The highest BCUT2D eigenvalue weighted by Gasteiger charge is 2.21. The number of rotatable bonds is 9. The number of nitrogens with one attached hydrogen (secondary N) is 1. The van der Waals surface area contributed by atoms with E-state index in [4.69, 9.17) is 10.00 Å². The minimum absolute atomic E-state index is 0.104. The Morgan fingerprint density at radius 2 is 1.90 bits per heavy atom. The molecule has 1 amide bonds. The molecule has 0 saturated heterocycles. The van der Waals surface area contributed by atoms with Gasteiger partial charge in [-0.1, -0.05) is 44.2 Å². The fraction of sp³-hybridized carbons (Fsp3) is 0.680. The van der Waals surface area contributed by atoms with Crippen molar-refractivity contribution in [2.45, 2.75) is 90.3 Å². The van der Waals surface area contributed by atoms with Crippen LogP contribution in [0, 0.1) is 23.2 Å². The summed E-state index contributed by atoms with van der Waals surface area (Å²) in [7, 11) is 0. The average molecular weight is 415 g/mol. The Balaban J connectivity index is 1.90. The monoisotopic (exact) mass is 414 g/mol. The van der Waals surface area contributed by atoms with Crippen LogP contribution in [0.15, 0.2) is 24.3 Å². The number of carbonyl (C=O) groups is 1. The van der Waals surface area contributed by atoms with E-state index in [-0.39, 0.29) is 12.0 Å². The number of alkyl carbamates (subject to hydrolysis) is 1. The largest absolute Gasteiger partial charge is 0.444 e. The second-order valence-corrected chi connectivity index (χ2v) is 9.73. The van der Waals surface area contributed by atoms with Crippen LogP contribution in [0.4, 0.5) is 4.79 Å². The maximum absolute atomic E-state index is 12.1. The fourth-order valence-electron chi connectivity index (χ4n) is 4.24. The normalized spacial score (nSPS) is 17.0. The van der Waals surface area contributed by atoms with Gasteiger partial charge in [-0.3, -0.25) is 0 Å². The molecule has 166 valence electrons. The average Bonchev–Trinajstić information content (AvgIpc) is 2.70. The summed E-state index contributed by atoms with van der Waals surface area (Å²) in [6, 6.07) is 9.66. The van der Waals surface area contributed by atoms with E-state index in [0.717, 1.165) is 30.7 Å². The molecule has 1 fully saturated rings. The predicted octanol–water partition coefficient (Wildman–Crippen LogP) is 5.35. The SMILES string of the molecule is CC(C)(C)OC(=O)NC[C@H](Cc1ccc(C#N)cc1)C[C@@H](O)CCC1CCCCC1. The summed E-state index contributed by atoms with van der Waals surface area (Å²) >= 11 is 0. The zero-order valence-corrected chi connectivity index (χ0v) is 18.8. The van der Waals surface area contributed by atoms with Crippen LogP contribution in [0.25, 0.3) is 0 Å². The van der Waals surface area contributed by atoms with Crippen LogP contribution in [0.5, 0.6) is 0 Å². The number of aliphatic hydroxyl groups is 1. The first-order chi connectivity index (χ1) is 14.2. The van der Waals surface area contributed by atoms with Crippen molar-refractivity contribution in [1.82, 2.24) is 5.32 Å². The number of benzene rings is 1. The van der Waals surface area contributed by atoms with Crippen LogP contribution < -0.4 is 5.32 Å². The molecule has 1 aromatic carbocycles. The number of hydrogen-bond donors (Lipinski definition) is 2. The van der Waals surface area contributed by atoms with Crippen molar-refractivity contribution >= 4 is 6.09 Å². The lowest BCUT2D eigenvalue weighted by molar-refractivity contribution is 0.0507. The molecule has 0 unspecified atom stereocenters. The highest BCUT2D eigenvalue weighted by atomic mass is 16.6. The molecule has 1 aliphatic carbocycles. The van der Waals surface area contributed by atoms with Crippen LogP contribution in [-0.4, -0.2) is 29.4 Å². The molecule has 1 aliphatic rings. The summed E-state index contributed by atoms with van der Waals surface area (Å²) in [6.07, 6.45) is 9.07. The van der Waals surface area contributed by atoms with Gasteiger partial charge < -0.3 is 15.2 Å². The summed E-state index contributed by atoms with van der Waals surface area (Å²) in [6.45, 7) is 5.98. The number of aliphatic hydroxyl groups excluding tert-OH is 1. The van der Waals surface area contributed by atoms with E-state index in [0.29, 0.717) is 18.5 Å². The number of nitriles is 1. The van der Waals surface area contributed by atoms with Gasteiger partial charge in [-0.15, -0.1) is 0 Å². The van der Waals surface area contributed by atoms with Crippen LogP contribution >= 0.6 is 0 Å². The van der Waals surface area contributed by atoms with Gasteiger partial charge in [0.25, 0.3) is 0 Å². The van der Waals surface area contributed by atoms with Gasteiger partial charge in [0.1, 0.15) is 5.60 Å². The van der Waals surface area contributed by atoms with E-state index < -0.39 is 11.7 Å². The van der Waals surface area contributed by atoms with Gasteiger partial charge in [0.05, 0.1) is 17.7 Å². The Kier molecular flexibility index (Phi) is 9.65. The van der Waals surface area contributed by atoms with Gasteiger partial charge in [-0.25, -0.2) is 4.79 Å². The van der Waals surface area contributed by atoms with Crippen molar-refractivity contribution in [1.29, 1.82) is 5.26 Å². The molecule has 30 heavy (non-hydrogen) atoms. The van der Waals surface area contributed by atoms with E-state index >= 15 is 0 Å². The lowest BCUT2D eigenvalue weighted by Gasteiger charge is -2.25. The van der Waals surface area contributed by atoms with E-state index in [2.05, 4.69) is 11.4 Å². The van der Waals surface area contributed by atoms with Gasteiger partial charge in [0.15, 0.2) is 0 Å². The molecule has 1 saturated carbocycles. The molecule has 0 spiro atoms. The first-order valence-electron chi connectivity index (χ1n) is 11.4. The molecule has 2 atom stereocenters. The number of amides is 1. The molecular formula is C25H38N2O3. The van der Waals surface area contributed by atoms with Gasteiger partial charge in [0, 0.05) is 6.54 Å². The zero-order chi connectivity index (χ0) is 22.0. The molecule has 2 N–H and O–H groups in total. The lowest BCUT2D eigenvalue weighted by Crippen LogP contribution is -2.36. The number of hydrogen-bond acceptors (Lipinski definition) is 4.